The normalized spacial score (nSPS) is 15.4. The first kappa shape index (κ1) is 20.3. The molecule has 2 amide bonds. The SMILES string of the molecule is CN(C)C(=O)C1(CNC(=O)CCc2ccccc2N)CCCC1.Cl. The van der Waals surface area contributed by atoms with Gasteiger partial charge in [-0.2, -0.15) is 0 Å². The lowest BCUT2D eigenvalue weighted by Gasteiger charge is -2.30. The van der Waals surface area contributed by atoms with E-state index >= 15 is 0 Å². The van der Waals surface area contributed by atoms with Crippen LogP contribution in [0.15, 0.2) is 24.3 Å². The van der Waals surface area contributed by atoms with Crippen LogP contribution in [0.2, 0.25) is 0 Å². The van der Waals surface area contributed by atoms with Crippen molar-refractivity contribution < 1.29 is 9.59 Å². The van der Waals surface area contributed by atoms with Gasteiger partial charge in [-0.15, -0.1) is 12.4 Å². The third kappa shape index (κ3) is 4.87. The number of nitrogens with two attached hydrogens (primary N) is 1. The molecule has 5 nitrogen and oxygen atoms in total. The standard InChI is InChI=1S/C18H27N3O2.ClH/c1-21(2)17(23)18(11-5-6-12-18)13-20-16(22)10-9-14-7-3-4-8-15(14)19;/h3-4,7-8H,5-6,9-13,19H2,1-2H3,(H,20,22);1H. The van der Waals surface area contributed by atoms with Crippen LogP contribution in [0.5, 0.6) is 0 Å². The van der Waals surface area contributed by atoms with Crippen molar-refractivity contribution in [2.24, 2.45) is 5.41 Å². The maximum absolute atomic E-state index is 12.5. The summed E-state index contributed by atoms with van der Waals surface area (Å²) in [4.78, 5) is 26.2. The Balaban J connectivity index is 0.00000288. The fourth-order valence-electron chi connectivity index (χ4n) is 3.36. The highest BCUT2D eigenvalue weighted by molar-refractivity contribution is 5.85. The molecule has 0 aliphatic heterocycles. The lowest BCUT2D eigenvalue weighted by atomic mass is 9.84. The molecule has 0 aromatic heterocycles. The predicted molar refractivity (Wildman–Crippen MR) is 99.0 cm³/mol. The minimum atomic E-state index is -0.412. The fourth-order valence-corrected chi connectivity index (χ4v) is 3.36. The lowest BCUT2D eigenvalue weighted by molar-refractivity contribution is -0.139. The highest BCUT2D eigenvalue weighted by Gasteiger charge is 2.42. The average molecular weight is 354 g/mol. The Kier molecular flexibility index (Phi) is 7.55. The number of anilines is 1. The van der Waals surface area contributed by atoms with Gasteiger partial charge < -0.3 is 16.0 Å². The van der Waals surface area contributed by atoms with Gasteiger partial charge in [-0.05, 0) is 30.9 Å². The summed E-state index contributed by atoms with van der Waals surface area (Å²) < 4.78 is 0. The third-order valence-electron chi connectivity index (χ3n) is 4.72. The monoisotopic (exact) mass is 353 g/mol. The molecule has 1 aliphatic rings. The summed E-state index contributed by atoms with van der Waals surface area (Å²) >= 11 is 0. The fraction of sp³-hybridized carbons (Fsp3) is 0.556. The topological polar surface area (TPSA) is 75.4 Å². The molecule has 0 spiro atoms. The van der Waals surface area contributed by atoms with E-state index in [1.165, 1.54) is 0 Å². The van der Waals surface area contributed by atoms with Crippen LogP contribution in [0.3, 0.4) is 0 Å². The van der Waals surface area contributed by atoms with Gasteiger partial charge in [0, 0.05) is 32.7 Å². The molecule has 24 heavy (non-hydrogen) atoms. The van der Waals surface area contributed by atoms with E-state index in [1.54, 1.807) is 19.0 Å². The van der Waals surface area contributed by atoms with Gasteiger partial charge in [-0.1, -0.05) is 31.0 Å². The predicted octanol–water partition coefficient (Wildman–Crippen LogP) is 2.39. The molecule has 1 aromatic rings. The molecular formula is C18H28ClN3O2. The van der Waals surface area contributed by atoms with Crippen LogP contribution in [0.1, 0.15) is 37.7 Å². The van der Waals surface area contributed by atoms with Crippen molar-refractivity contribution in [3.8, 4) is 0 Å². The van der Waals surface area contributed by atoms with Gasteiger partial charge in [-0.25, -0.2) is 0 Å². The summed E-state index contributed by atoms with van der Waals surface area (Å²) in [6.45, 7) is 0.438. The number of nitrogens with one attached hydrogen (secondary N) is 1. The minimum absolute atomic E-state index is 0. The van der Waals surface area contributed by atoms with Gasteiger partial charge in [0.15, 0.2) is 0 Å². The van der Waals surface area contributed by atoms with Crippen LogP contribution in [-0.2, 0) is 16.0 Å². The van der Waals surface area contributed by atoms with E-state index in [4.69, 9.17) is 5.73 Å². The number of carbonyl (C=O) groups excluding carboxylic acids is 2. The van der Waals surface area contributed by atoms with Gasteiger partial charge in [0.25, 0.3) is 0 Å². The number of nitrogen functional groups attached to an aromatic ring is 1. The molecule has 0 bridgehead atoms. The van der Waals surface area contributed by atoms with Gasteiger partial charge in [-0.3, -0.25) is 9.59 Å². The van der Waals surface area contributed by atoms with Crippen molar-refractivity contribution in [1.82, 2.24) is 10.2 Å². The number of para-hydroxylation sites is 1. The summed E-state index contributed by atoms with van der Waals surface area (Å²) in [5.74, 6) is 0.105. The molecule has 3 N–H and O–H groups in total. The van der Waals surface area contributed by atoms with Crippen LogP contribution < -0.4 is 11.1 Å². The zero-order valence-electron chi connectivity index (χ0n) is 14.5. The number of hydrogen-bond acceptors (Lipinski definition) is 3. The molecule has 1 aliphatic carbocycles. The maximum atomic E-state index is 12.5. The number of halogens is 1. The highest BCUT2D eigenvalue weighted by atomic mass is 35.5. The molecule has 6 heteroatoms. The van der Waals surface area contributed by atoms with Crippen LogP contribution in [0.4, 0.5) is 5.69 Å². The quantitative estimate of drug-likeness (QED) is 0.771. The number of aryl methyl sites for hydroxylation is 1. The smallest absolute Gasteiger partial charge is 0.230 e. The van der Waals surface area contributed by atoms with E-state index in [0.717, 1.165) is 36.9 Å². The minimum Gasteiger partial charge on any atom is -0.399 e. The summed E-state index contributed by atoms with van der Waals surface area (Å²) in [6.07, 6.45) is 4.82. The average Bonchev–Trinajstić information content (AvgIpc) is 3.01. The van der Waals surface area contributed by atoms with Crippen LogP contribution in [0, 0.1) is 5.41 Å². The summed E-state index contributed by atoms with van der Waals surface area (Å²) in [5, 5.41) is 2.96. The van der Waals surface area contributed by atoms with Crippen molar-refractivity contribution in [3.63, 3.8) is 0 Å². The Hall–Kier alpha value is -1.75. The molecule has 1 saturated carbocycles. The molecule has 0 unspecified atom stereocenters. The van der Waals surface area contributed by atoms with Gasteiger partial charge in [0.2, 0.25) is 11.8 Å². The molecule has 0 saturated heterocycles. The first-order chi connectivity index (χ1) is 10.9. The van der Waals surface area contributed by atoms with Crippen LogP contribution >= 0.6 is 12.4 Å². The van der Waals surface area contributed by atoms with E-state index < -0.39 is 5.41 Å². The largest absolute Gasteiger partial charge is 0.399 e. The molecule has 0 radical (unpaired) electrons. The Bertz CT molecular complexity index is 569. The first-order valence-corrected chi connectivity index (χ1v) is 8.26. The van der Waals surface area contributed by atoms with Crippen LogP contribution in [0.25, 0.3) is 0 Å². The van der Waals surface area contributed by atoms with Crippen molar-refractivity contribution in [2.45, 2.75) is 38.5 Å². The van der Waals surface area contributed by atoms with Crippen molar-refractivity contribution in [2.75, 3.05) is 26.4 Å². The Morgan fingerprint density at radius 1 is 1.21 bits per heavy atom. The summed E-state index contributed by atoms with van der Waals surface area (Å²) in [6, 6.07) is 7.59. The molecule has 2 rings (SSSR count). The second-order valence-electron chi connectivity index (χ2n) is 6.66. The highest BCUT2D eigenvalue weighted by Crippen LogP contribution is 2.38. The summed E-state index contributed by atoms with van der Waals surface area (Å²) in [5.41, 5.74) is 7.19. The number of rotatable bonds is 6. The van der Waals surface area contributed by atoms with E-state index in [-0.39, 0.29) is 24.2 Å². The molecular weight excluding hydrogens is 326 g/mol. The number of hydrogen-bond donors (Lipinski definition) is 2. The van der Waals surface area contributed by atoms with Crippen molar-refractivity contribution in [1.29, 1.82) is 0 Å². The van der Waals surface area contributed by atoms with E-state index in [2.05, 4.69) is 5.32 Å². The molecule has 134 valence electrons. The zero-order chi connectivity index (χ0) is 16.9. The van der Waals surface area contributed by atoms with Gasteiger partial charge in [0.05, 0.1) is 5.41 Å². The van der Waals surface area contributed by atoms with Crippen molar-refractivity contribution in [3.05, 3.63) is 29.8 Å². The van der Waals surface area contributed by atoms with E-state index in [9.17, 15) is 9.59 Å². The molecule has 1 fully saturated rings. The first-order valence-electron chi connectivity index (χ1n) is 8.26. The number of benzene rings is 1. The maximum Gasteiger partial charge on any atom is 0.230 e. The molecule has 1 aromatic carbocycles. The van der Waals surface area contributed by atoms with Crippen LogP contribution in [-0.4, -0.2) is 37.4 Å². The zero-order valence-corrected chi connectivity index (χ0v) is 15.3. The second kappa shape index (κ2) is 8.92. The molecule has 0 heterocycles. The van der Waals surface area contributed by atoms with Crippen molar-refractivity contribution >= 4 is 29.9 Å². The Morgan fingerprint density at radius 3 is 2.42 bits per heavy atom. The Morgan fingerprint density at radius 2 is 1.83 bits per heavy atom. The Labute approximate surface area is 150 Å². The van der Waals surface area contributed by atoms with E-state index in [1.807, 2.05) is 24.3 Å². The van der Waals surface area contributed by atoms with Gasteiger partial charge in [0.1, 0.15) is 0 Å². The second-order valence-corrected chi connectivity index (χ2v) is 6.66. The van der Waals surface area contributed by atoms with E-state index in [0.29, 0.717) is 19.4 Å². The number of nitrogens with zero attached hydrogens (tertiary/aromatic N) is 1. The lowest BCUT2D eigenvalue weighted by Crippen LogP contribution is -2.46. The number of carbonyl (C=O) groups is 2. The van der Waals surface area contributed by atoms with Gasteiger partial charge >= 0.3 is 0 Å². The number of amides is 2. The third-order valence-corrected chi connectivity index (χ3v) is 4.72. The summed E-state index contributed by atoms with van der Waals surface area (Å²) in [7, 11) is 3.56. The molecule has 0 atom stereocenters.